The lowest BCUT2D eigenvalue weighted by molar-refractivity contribution is 0.0290. The van der Waals surface area contributed by atoms with Crippen LogP contribution in [0, 0.1) is 0 Å². The number of hydrogen-bond acceptors (Lipinski definition) is 7. The third-order valence-corrected chi connectivity index (χ3v) is 3.82. The number of hydrogen-bond donors (Lipinski definition) is 0. The van der Waals surface area contributed by atoms with Crippen molar-refractivity contribution in [3.63, 3.8) is 0 Å². The number of esters is 1. The molecular formula is C17H21N3O4. The molecule has 0 spiro atoms. The summed E-state index contributed by atoms with van der Waals surface area (Å²) in [6.45, 7) is 4.06. The lowest BCUT2D eigenvalue weighted by Crippen LogP contribution is -2.39. The Bertz CT molecular complexity index is 659. The summed E-state index contributed by atoms with van der Waals surface area (Å²) in [5, 5.41) is 0. The smallest absolute Gasteiger partial charge is 0.360 e. The van der Waals surface area contributed by atoms with E-state index in [0.717, 1.165) is 25.1 Å². The molecule has 0 unspecified atom stereocenters. The molecular weight excluding hydrogens is 310 g/mol. The Morgan fingerprint density at radius 1 is 1.46 bits per heavy atom. The number of aromatic nitrogens is 2. The van der Waals surface area contributed by atoms with E-state index in [1.54, 1.807) is 13.1 Å². The van der Waals surface area contributed by atoms with E-state index in [0.29, 0.717) is 25.8 Å². The Balaban J connectivity index is 1.56. The van der Waals surface area contributed by atoms with Crippen LogP contribution < -0.4 is 4.90 Å². The fraction of sp³-hybridized carbons (Fsp3) is 0.471. The number of oxazole rings is 1. The van der Waals surface area contributed by atoms with Crippen molar-refractivity contribution < 1.29 is 18.7 Å². The maximum absolute atomic E-state index is 11.7. The number of carbonyl (C=O) groups is 1. The van der Waals surface area contributed by atoms with Gasteiger partial charge >= 0.3 is 5.97 Å². The summed E-state index contributed by atoms with van der Waals surface area (Å²) >= 11 is 0. The molecule has 24 heavy (non-hydrogen) atoms. The van der Waals surface area contributed by atoms with Crippen molar-refractivity contribution in [1.29, 1.82) is 0 Å². The average molecular weight is 331 g/mol. The fourth-order valence-corrected chi connectivity index (χ4v) is 2.64. The SMILES string of the molecule is CCOC(=O)c1coc(N2CCC[C@@H](OCc3ccccn3)C2)n1. The van der Waals surface area contributed by atoms with Crippen LogP contribution in [-0.4, -0.2) is 41.7 Å². The van der Waals surface area contributed by atoms with Crippen LogP contribution in [0.25, 0.3) is 0 Å². The normalized spacial score (nSPS) is 17.7. The summed E-state index contributed by atoms with van der Waals surface area (Å²) in [5.74, 6) is -0.465. The molecule has 0 N–H and O–H groups in total. The van der Waals surface area contributed by atoms with Gasteiger partial charge in [0.15, 0.2) is 5.69 Å². The van der Waals surface area contributed by atoms with Crippen molar-refractivity contribution in [2.75, 3.05) is 24.6 Å². The first-order chi connectivity index (χ1) is 11.8. The molecule has 0 aromatic carbocycles. The maximum atomic E-state index is 11.7. The lowest BCUT2D eigenvalue weighted by Gasteiger charge is -2.31. The Morgan fingerprint density at radius 3 is 3.17 bits per heavy atom. The molecule has 7 nitrogen and oxygen atoms in total. The van der Waals surface area contributed by atoms with Gasteiger partial charge in [-0.1, -0.05) is 6.07 Å². The summed E-state index contributed by atoms with van der Waals surface area (Å²) in [5.41, 5.74) is 1.11. The van der Waals surface area contributed by atoms with Gasteiger partial charge in [0.2, 0.25) is 0 Å². The van der Waals surface area contributed by atoms with Crippen molar-refractivity contribution in [2.45, 2.75) is 32.5 Å². The molecule has 1 aliphatic heterocycles. The molecule has 0 radical (unpaired) electrons. The Kier molecular flexibility index (Phi) is 5.43. The highest BCUT2D eigenvalue weighted by atomic mass is 16.5. The highest BCUT2D eigenvalue weighted by molar-refractivity contribution is 5.87. The van der Waals surface area contributed by atoms with Crippen LogP contribution in [0.2, 0.25) is 0 Å². The summed E-state index contributed by atoms with van der Waals surface area (Å²) in [7, 11) is 0. The molecule has 0 aliphatic carbocycles. The van der Waals surface area contributed by atoms with Gasteiger partial charge in [-0.05, 0) is 31.9 Å². The predicted molar refractivity (Wildman–Crippen MR) is 86.7 cm³/mol. The molecule has 1 fully saturated rings. The van der Waals surface area contributed by atoms with E-state index in [4.69, 9.17) is 13.9 Å². The third kappa shape index (κ3) is 4.11. The zero-order chi connectivity index (χ0) is 16.8. The summed E-state index contributed by atoms with van der Waals surface area (Å²) in [6, 6.07) is 6.21. The number of piperidine rings is 1. The number of pyridine rings is 1. The van der Waals surface area contributed by atoms with Crippen LogP contribution >= 0.6 is 0 Å². The Morgan fingerprint density at radius 2 is 2.38 bits per heavy atom. The average Bonchev–Trinajstić information content (AvgIpc) is 3.12. The van der Waals surface area contributed by atoms with Crippen LogP contribution in [0.1, 0.15) is 35.9 Å². The second-order valence-corrected chi connectivity index (χ2v) is 5.58. The van der Waals surface area contributed by atoms with Crippen molar-refractivity contribution in [2.24, 2.45) is 0 Å². The van der Waals surface area contributed by atoms with Gasteiger partial charge in [0.25, 0.3) is 6.01 Å². The van der Waals surface area contributed by atoms with E-state index in [-0.39, 0.29) is 11.8 Å². The molecule has 1 saturated heterocycles. The highest BCUT2D eigenvalue weighted by Gasteiger charge is 2.25. The van der Waals surface area contributed by atoms with Crippen LogP contribution in [0.4, 0.5) is 6.01 Å². The second-order valence-electron chi connectivity index (χ2n) is 5.58. The zero-order valence-corrected chi connectivity index (χ0v) is 13.7. The Hall–Kier alpha value is -2.41. The molecule has 0 amide bonds. The molecule has 3 heterocycles. The van der Waals surface area contributed by atoms with Gasteiger partial charge in [-0.3, -0.25) is 4.98 Å². The standard InChI is InChI=1S/C17H21N3O4/c1-2-22-16(21)15-12-24-17(19-15)20-9-5-7-14(10-20)23-11-13-6-3-4-8-18-13/h3-4,6,8,12,14H,2,5,7,9-11H2,1H3/t14-/m1/s1. The van der Waals surface area contributed by atoms with Crippen LogP contribution in [0.15, 0.2) is 35.1 Å². The monoisotopic (exact) mass is 331 g/mol. The summed E-state index contributed by atoms with van der Waals surface area (Å²) in [6.07, 6.45) is 5.14. The number of ether oxygens (including phenoxy) is 2. The molecule has 1 aliphatic rings. The molecule has 1 atom stereocenters. The van der Waals surface area contributed by atoms with Crippen LogP contribution in [0.5, 0.6) is 0 Å². The predicted octanol–water partition coefficient (Wildman–Crippen LogP) is 2.43. The van der Waals surface area contributed by atoms with Crippen LogP contribution in [0.3, 0.4) is 0 Å². The van der Waals surface area contributed by atoms with Crippen molar-refractivity contribution in [3.8, 4) is 0 Å². The maximum Gasteiger partial charge on any atom is 0.360 e. The molecule has 0 bridgehead atoms. The first-order valence-corrected chi connectivity index (χ1v) is 8.15. The van der Waals surface area contributed by atoms with Crippen molar-refractivity contribution in [1.82, 2.24) is 9.97 Å². The highest BCUT2D eigenvalue weighted by Crippen LogP contribution is 2.21. The van der Waals surface area contributed by atoms with E-state index >= 15 is 0 Å². The minimum absolute atomic E-state index is 0.0821. The number of nitrogens with zero attached hydrogens (tertiary/aromatic N) is 3. The number of rotatable bonds is 6. The van der Waals surface area contributed by atoms with Gasteiger partial charge in [-0.25, -0.2) is 4.79 Å². The molecule has 2 aromatic heterocycles. The Labute approximate surface area is 140 Å². The third-order valence-electron chi connectivity index (χ3n) is 3.82. The van der Waals surface area contributed by atoms with E-state index in [1.165, 1.54) is 6.26 Å². The van der Waals surface area contributed by atoms with Gasteiger partial charge in [0.1, 0.15) is 6.26 Å². The quantitative estimate of drug-likeness (QED) is 0.752. The number of carbonyl (C=O) groups excluding carboxylic acids is 1. The van der Waals surface area contributed by atoms with E-state index in [9.17, 15) is 4.79 Å². The zero-order valence-electron chi connectivity index (χ0n) is 13.7. The van der Waals surface area contributed by atoms with Crippen LogP contribution in [-0.2, 0) is 16.1 Å². The molecule has 3 rings (SSSR count). The molecule has 128 valence electrons. The van der Waals surface area contributed by atoms with Gasteiger partial charge in [-0.2, -0.15) is 4.98 Å². The first kappa shape index (κ1) is 16.4. The van der Waals surface area contributed by atoms with Crippen molar-refractivity contribution >= 4 is 12.0 Å². The first-order valence-electron chi connectivity index (χ1n) is 8.15. The second kappa shape index (κ2) is 7.92. The fourth-order valence-electron chi connectivity index (χ4n) is 2.64. The number of anilines is 1. The minimum Gasteiger partial charge on any atom is -0.461 e. The topological polar surface area (TPSA) is 77.7 Å². The van der Waals surface area contributed by atoms with E-state index in [1.807, 2.05) is 23.1 Å². The van der Waals surface area contributed by atoms with Crippen molar-refractivity contribution in [3.05, 3.63) is 42.0 Å². The molecule has 0 saturated carbocycles. The molecule has 2 aromatic rings. The van der Waals surface area contributed by atoms with E-state index < -0.39 is 5.97 Å². The van der Waals surface area contributed by atoms with Gasteiger partial charge in [-0.15, -0.1) is 0 Å². The summed E-state index contributed by atoms with van der Waals surface area (Å²) < 4.78 is 16.3. The molecule has 7 heteroatoms. The van der Waals surface area contributed by atoms with Gasteiger partial charge < -0.3 is 18.8 Å². The largest absolute Gasteiger partial charge is 0.461 e. The summed E-state index contributed by atoms with van der Waals surface area (Å²) in [4.78, 5) is 22.1. The minimum atomic E-state index is -0.465. The van der Waals surface area contributed by atoms with Gasteiger partial charge in [0, 0.05) is 19.3 Å². The van der Waals surface area contributed by atoms with Gasteiger partial charge in [0.05, 0.1) is 25.0 Å². The van der Waals surface area contributed by atoms with E-state index in [2.05, 4.69) is 9.97 Å². The lowest BCUT2D eigenvalue weighted by atomic mass is 10.1.